The van der Waals surface area contributed by atoms with E-state index < -0.39 is 5.92 Å². The Bertz CT molecular complexity index is 1000. The van der Waals surface area contributed by atoms with Crippen molar-refractivity contribution in [3.8, 4) is 0 Å². The zero-order valence-electron chi connectivity index (χ0n) is 14.8. The number of aromatic nitrogens is 3. The van der Waals surface area contributed by atoms with Crippen LogP contribution in [0.3, 0.4) is 0 Å². The number of likely N-dealkylation sites (tertiary alicyclic amines) is 1. The minimum absolute atomic E-state index is 0.0863. The second kappa shape index (κ2) is 6.01. The molecular weight excluding hydrogens is 330 g/mol. The lowest BCUT2D eigenvalue weighted by Gasteiger charge is -2.16. The summed E-state index contributed by atoms with van der Waals surface area (Å²) in [6, 6.07) is 7.55. The lowest BCUT2D eigenvalue weighted by atomic mass is 9.89. The summed E-state index contributed by atoms with van der Waals surface area (Å²) in [5.74, 6) is -0.999. The standard InChI is InChI=1S/C19H21N5O2/c1-11-14(8-22-23(11)2)15-9-24(10-16(15)18(20)25)19(26)13-4-3-12-5-6-21-17(12)7-13/h3-8,15-16,21H,9-10H2,1-2H3,(H2,20,25)/t15-,16+/m1/s1. The van der Waals surface area contributed by atoms with E-state index in [2.05, 4.69) is 10.1 Å². The molecule has 1 fully saturated rings. The first kappa shape index (κ1) is 16.4. The van der Waals surface area contributed by atoms with Gasteiger partial charge in [0.25, 0.3) is 5.91 Å². The van der Waals surface area contributed by atoms with Gasteiger partial charge in [0, 0.05) is 49.0 Å². The van der Waals surface area contributed by atoms with E-state index in [-0.39, 0.29) is 17.7 Å². The first-order chi connectivity index (χ1) is 12.5. The Morgan fingerprint density at radius 3 is 2.77 bits per heavy atom. The van der Waals surface area contributed by atoms with E-state index in [0.717, 1.165) is 22.2 Å². The fraction of sp³-hybridized carbons (Fsp3) is 0.316. The number of carbonyl (C=O) groups is 2. The molecule has 0 radical (unpaired) electrons. The smallest absolute Gasteiger partial charge is 0.253 e. The number of rotatable bonds is 3. The van der Waals surface area contributed by atoms with Gasteiger partial charge in [0.1, 0.15) is 0 Å². The van der Waals surface area contributed by atoms with Crippen molar-refractivity contribution in [1.29, 1.82) is 0 Å². The van der Waals surface area contributed by atoms with E-state index in [0.29, 0.717) is 18.7 Å². The van der Waals surface area contributed by atoms with Crippen molar-refractivity contribution < 1.29 is 9.59 Å². The molecule has 0 spiro atoms. The lowest BCUT2D eigenvalue weighted by molar-refractivity contribution is -0.121. The van der Waals surface area contributed by atoms with Crippen LogP contribution in [-0.2, 0) is 11.8 Å². The molecule has 7 heteroatoms. The zero-order valence-corrected chi connectivity index (χ0v) is 14.8. The van der Waals surface area contributed by atoms with Gasteiger partial charge in [-0.15, -0.1) is 0 Å². The van der Waals surface area contributed by atoms with Crippen molar-refractivity contribution in [2.75, 3.05) is 13.1 Å². The molecule has 3 heterocycles. The van der Waals surface area contributed by atoms with E-state index >= 15 is 0 Å². The Balaban J connectivity index is 1.64. The van der Waals surface area contributed by atoms with Crippen LogP contribution < -0.4 is 5.73 Å². The van der Waals surface area contributed by atoms with Gasteiger partial charge in [-0.3, -0.25) is 14.3 Å². The predicted molar refractivity (Wildman–Crippen MR) is 97.6 cm³/mol. The van der Waals surface area contributed by atoms with E-state index in [1.54, 1.807) is 15.8 Å². The Morgan fingerprint density at radius 1 is 1.27 bits per heavy atom. The summed E-state index contributed by atoms with van der Waals surface area (Å²) in [5, 5.41) is 5.33. The van der Waals surface area contributed by atoms with Crippen LogP contribution in [0.25, 0.3) is 10.9 Å². The summed E-state index contributed by atoms with van der Waals surface area (Å²) in [6.45, 7) is 2.75. The van der Waals surface area contributed by atoms with Crippen LogP contribution >= 0.6 is 0 Å². The van der Waals surface area contributed by atoms with Crippen LogP contribution in [0.4, 0.5) is 0 Å². The Hall–Kier alpha value is -3.09. The molecule has 0 bridgehead atoms. The summed E-state index contributed by atoms with van der Waals surface area (Å²) >= 11 is 0. The number of benzene rings is 1. The number of primary amides is 1. The number of carbonyl (C=O) groups excluding carboxylic acids is 2. The normalized spacial score (nSPS) is 20.0. The van der Waals surface area contributed by atoms with Gasteiger partial charge in [0.2, 0.25) is 5.91 Å². The van der Waals surface area contributed by atoms with E-state index in [4.69, 9.17) is 5.73 Å². The van der Waals surface area contributed by atoms with E-state index in [1.165, 1.54) is 0 Å². The second-order valence-corrected chi connectivity index (χ2v) is 6.91. The molecule has 2 amide bonds. The van der Waals surface area contributed by atoms with Gasteiger partial charge in [-0.25, -0.2) is 0 Å². The first-order valence-corrected chi connectivity index (χ1v) is 8.60. The highest BCUT2D eigenvalue weighted by molar-refractivity contribution is 5.98. The fourth-order valence-corrected chi connectivity index (χ4v) is 3.82. The highest BCUT2D eigenvalue weighted by Crippen LogP contribution is 2.35. The molecule has 3 N–H and O–H groups in total. The Labute approximate surface area is 150 Å². The van der Waals surface area contributed by atoms with Gasteiger partial charge < -0.3 is 15.6 Å². The molecule has 1 saturated heterocycles. The van der Waals surface area contributed by atoms with Gasteiger partial charge in [-0.2, -0.15) is 5.10 Å². The minimum atomic E-state index is -0.406. The average Bonchev–Trinajstić information content (AvgIpc) is 3.33. The van der Waals surface area contributed by atoms with Crippen LogP contribution in [0.1, 0.15) is 27.5 Å². The SMILES string of the molecule is Cc1c([C@H]2CN(C(=O)c3ccc4cc[nH]c4c3)C[C@@H]2C(N)=O)cnn1C. The van der Waals surface area contributed by atoms with Crippen molar-refractivity contribution in [3.63, 3.8) is 0 Å². The molecule has 26 heavy (non-hydrogen) atoms. The van der Waals surface area contributed by atoms with Gasteiger partial charge in [-0.1, -0.05) is 6.07 Å². The molecule has 1 aliphatic heterocycles. The summed E-state index contributed by atoms with van der Waals surface area (Å²) in [5.41, 5.74) is 9.12. The summed E-state index contributed by atoms with van der Waals surface area (Å²) in [7, 11) is 1.86. The molecule has 0 aliphatic carbocycles. The zero-order chi connectivity index (χ0) is 18.4. The number of hydrogen-bond donors (Lipinski definition) is 2. The minimum Gasteiger partial charge on any atom is -0.369 e. The maximum atomic E-state index is 13.0. The maximum Gasteiger partial charge on any atom is 0.253 e. The van der Waals surface area contributed by atoms with E-state index in [1.807, 2.05) is 44.4 Å². The number of aryl methyl sites for hydroxylation is 1. The third-order valence-electron chi connectivity index (χ3n) is 5.45. The van der Waals surface area contributed by atoms with Crippen molar-refractivity contribution in [3.05, 3.63) is 53.5 Å². The highest BCUT2D eigenvalue weighted by atomic mass is 16.2. The maximum absolute atomic E-state index is 13.0. The van der Waals surface area contributed by atoms with Gasteiger partial charge in [0.15, 0.2) is 0 Å². The third-order valence-corrected chi connectivity index (χ3v) is 5.45. The number of amides is 2. The number of nitrogens with one attached hydrogen (secondary N) is 1. The van der Waals surface area contributed by atoms with Crippen LogP contribution in [0.5, 0.6) is 0 Å². The highest BCUT2D eigenvalue weighted by Gasteiger charge is 2.41. The monoisotopic (exact) mass is 351 g/mol. The van der Waals surface area contributed by atoms with Crippen molar-refractivity contribution in [1.82, 2.24) is 19.7 Å². The number of H-pyrrole nitrogens is 1. The summed E-state index contributed by atoms with van der Waals surface area (Å²) in [4.78, 5) is 29.8. The van der Waals surface area contributed by atoms with Gasteiger partial charge in [0.05, 0.1) is 12.1 Å². The van der Waals surface area contributed by atoms with Crippen LogP contribution in [-0.4, -0.2) is 44.6 Å². The van der Waals surface area contributed by atoms with Crippen molar-refractivity contribution in [2.45, 2.75) is 12.8 Å². The quantitative estimate of drug-likeness (QED) is 0.749. The molecule has 2 atom stereocenters. The molecular formula is C19H21N5O2. The number of nitrogens with zero attached hydrogens (tertiary/aromatic N) is 3. The third kappa shape index (κ3) is 2.56. The molecule has 7 nitrogen and oxygen atoms in total. The molecule has 134 valence electrons. The predicted octanol–water partition coefficient (Wildman–Crippen LogP) is 1.55. The average molecular weight is 351 g/mol. The molecule has 2 aromatic heterocycles. The van der Waals surface area contributed by atoms with Crippen LogP contribution in [0.15, 0.2) is 36.7 Å². The topological polar surface area (TPSA) is 97.0 Å². The molecule has 1 aliphatic rings. The fourth-order valence-electron chi connectivity index (χ4n) is 3.82. The molecule has 3 aromatic rings. The van der Waals surface area contributed by atoms with E-state index in [9.17, 15) is 9.59 Å². The largest absolute Gasteiger partial charge is 0.369 e. The lowest BCUT2D eigenvalue weighted by Crippen LogP contribution is -2.32. The number of nitrogens with two attached hydrogens (primary N) is 1. The van der Waals surface area contributed by atoms with Crippen LogP contribution in [0, 0.1) is 12.8 Å². The van der Waals surface area contributed by atoms with Crippen molar-refractivity contribution >= 4 is 22.7 Å². The number of hydrogen-bond acceptors (Lipinski definition) is 3. The summed E-state index contributed by atoms with van der Waals surface area (Å²) < 4.78 is 1.77. The Morgan fingerprint density at radius 2 is 2.08 bits per heavy atom. The van der Waals surface area contributed by atoms with Gasteiger partial charge >= 0.3 is 0 Å². The van der Waals surface area contributed by atoms with Gasteiger partial charge in [-0.05, 0) is 36.1 Å². The van der Waals surface area contributed by atoms with Crippen molar-refractivity contribution in [2.24, 2.45) is 18.7 Å². The molecule has 4 rings (SSSR count). The number of aromatic amines is 1. The first-order valence-electron chi connectivity index (χ1n) is 8.60. The molecule has 0 unspecified atom stereocenters. The Kier molecular flexibility index (Phi) is 3.79. The van der Waals surface area contributed by atoms with Crippen LogP contribution in [0.2, 0.25) is 0 Å². The summed E-state index contributed by atoms with van der Waals surface area (Å²) in [6.07, 6.45) is 3.62. The number of fused-ring (bicyclic) bond motifs is 1. The second-order valence-electron chi connectivity index (χ2n) is 6.91. The molecule has 1 aromatic carbocycles. The molecule has 0 saturated carbocycles.